The van der Waals surface area contributed by atoms with E-state index in [1.54, 1.807) is 24.3 Å². The molecule has 27 nitrogen and oxygen atoms in total. The van der Waals surface area contributed by atoms with Crippen LogP contribution in [0.4, 0.5) is 23.3 Å². The molecule has 28 heteroatoms. The molecule has 0 aliphatic carbocycles. The second-order valence-corrected chi connectivity index (χ2v) is 15.9. The Morgan fingerprint density at radius 2 is 1.00 bits per heavy atom. The van der Waals surface area contributed by atoms with Gasteiger partial charge in [-0.15, -0.1) is 0 Å². The van der Waals surface area contributed by atoms with Crippen molar-refractivity contribution < 1.29 is 49.8 Å². The molecule has 0 bridgehead atoms. The third kappa shape index (κ3) is 13.4. The molecule has 0 aliphatic heterocycles. The van der Waals surface area contributed by atoms with Crippen molar-refractivity contribution in [2.75, 3.05) is 22.1 Å². The molecule has 6 aromatic rings. The first-order valence-corrected chi connectivity index (χ1v) is 22.2. The number of H-pyrrole nitrogens is 2. The van der Waals surface area contributed by atoms with Gasteiger partial charge in [-0.2, -0.15) is 9.97 Å². The van der Waals surface area contributed by atoms with Crippen LogP contribution in [0.5, 0.6) is 0 Å². The van der Waals surface area contributed by atoms with Crippen LogP contribution >= 0.6 is 0 Å². The van der Waals surface area contributed by atoms with Crippen molar-refractivity contribution in [3.05, 3.63) is 104 Å². The zero-order valence-corrected chi connectivity index (χ0v) is 37.9. The fraction of sp³-hybridized carbons (Fsp3) is 0.211. The molecule has 0 fully saturated rings. The quantitative estimate of drug-likeness (QED) is 0.0391. The molecule has 0 unspecified atom stereocenters. The molecular weight excluding hydrogens is 1070 g/mol. The van der Waals surface area contributed by atoms with Crippen LogP contribution in [-0.2, 0) is 37.6 Å². The van der Waals surface area contributed by atoms with Crippen LogP contribution in [0.3, 0.4) is 0 Å². The van der Waals surface area contributed by atoms with Gasteiger partial charge >= 0.3 is 235 Å². The fourth-order valence-corrected chi connectivity index (χ4v) is 7.39. The molecule has 66 heavy (non-hydrogen) atoms. The fourth-order valence-electron chi connectivity index (χ4n) is 5.71. The summed E-state index contributed by atoms with van der Waals surface area (Å²) in [4.78, 5) is 127. The zero-order chi connectivity index (χ0) is 46.6. The molecule has 6 rings (SSSR count). The number of amides is 2. The normalized spacial score (nSPS) is 11.6. The van der Waals surface area contributed by atoms with Crippen LogP contribution in [-0.4, -0.2) is 128 Å². The van der Waals surface area contributed by atoms with Gasteiger partial charge in [0.05, 0.1) is 36.9 Å². The van der Waals surface area contributed by atoms with E-state index >= 15 is 0 Å². The van der Waals surface area contributed by atoms with Crippen LogP contribution in [0, 0.1) is 0 Å². The van der Waals surface area contributed by atoms with Gasteiger partial charge in [0, 0.05) is 0 Å². The van der Waals surface area contributed by atoms with Gasteiger partial charge in [0.25, 0.3) is 11.1 Å². The van der Waals surface area contributed by atoms with Crippen LogP contribution in [0.2, 0.25) is 0 Å². The van der Waals surface area contributed by atoms with Crippen molar-refractivity contribution in [1.82, 2.24) is 50.5 Å². The summed E-state index contributed by atoms with van der Waals surface area (Å²) < 4.78 is 10.1. The second kappa shape index (κ2) is 22.4. The molecule has 2 atom stereocenters. The Bertz CT molecular complexity index is 2700. The average Bonchev–Trinajstić information content (AvgIpc) is 3.27. The number of carbonyl (C=O) groups excluding carboxylic acids is 4. The number of nitrogens with one attached hydrogen (secondary N) is 6. The van der Waals surface area contributed by atoms with Crippen LogP contribution in [0.1, 0.15) is 57.8 Å². The summed E-state index contributed by atoms with van der Waals surface area (Å²) in [7, 11) is 0. The van der Waals surface area contributed by atoms with Crippen molar-refractivity contribution in [2.45, 2.75) is 50.9 Å². The first-order chi connectivity index (χ1) is 31.1. The summed E-state index contributed by atoms with van der Waals surface area (Å²) in [5.74, 6) is -6.18. The number of rotatable bonds is 20. The maximum Gasteiger partial charge on any atom is 0.280 e. The number of anilines is 4. The number of hydrogen-bond acceptors (Lipinski definition) is 20. The minimum absolute atomic E-state index is 0. The number of nitrogen functional groups attached to an aromatic ring is 2. The Hall–Kier alpha value is -8.22. The van der Waals surface area contributed by atoms with Gasteiger partial charge in [-0.1, -0.05) is 0 Å². The number of carbonyl (C=O) groups is 6. The Morgan fingerprint density at radius 1 is 0.621 bits per heavy atom. The Kier molecular flexibility index (Phi) is 16.6. The SMILES string of the molecule is Nc1nc2ncc(CNc3ccc(C(=O)N[C@@H](CCC(=O)[O][Pb][O]C(=O)CC[C@H](NC(=O)c4ccc(NCc5cnc6nc(N)[nH]c(=O)c6n5)cc4)C(=O)O)C(=O)O)cc3)nc2c(=O)[nH]1.O. The largest absolute Gasteiger partial charge is 0.412 e. The maximum absolute atomic E-state index is 12.8. The standard InChI is InChI=1S/2C19H19N7O6.H2O.Pb/c2*20-19-25-15-14(17(30)26-19)23-11(8-22-15)7-21-10-3-1-9(2-4-10)16(29)24-12(18(31)32)5-6-13(27)28;;/h2*1-4,8,12,21H,5-7H2,(H,24,29)(H,27,28)(H,31,32)(H3,20,22,25,26,30);1H2;/q;;;+2/p-2/t2*12-;;/m00../s1. The summed E-state index contributed by atoms with van der Waals surface area (Å²) in [6.07, 6.45) is 1.29. The molecule has 2 radical (unpaired) electrons. The van der Waals surface area contributed by atoms with Gasteiger partial charge in [-0.3, -0.25) is 19.6 Å². The number of carboxylic acid groups (broad SMARTS) is 2. The van der Waals surface area contributed by atoms with Gasteiger partial charge < -0.3 is 16.9 Å². The van der Waals surface area contributed by atoms with E-state index in [2.05, 4.69) is 61.1 Å². The number of nitrogens with zero attached hydrogens (tertiary/aromatic N) is 6. The van der Waals surface area contributed by atoms with E-state index in [4.69, 9.17) is 16.8 Å². The van der Waals surface area contributed by atoms with Crippen molar-refractivity contribution in [2.24, 2.45) is 0 Å². The van der Waals surface area contributed by atoms with Crippen molar-refractivity contribution in [3.63, 3.8) is 0 Å². The predicted octanol–water partition coefficient (Wildman–Crippen LogP) is -1.45. The van der Waals surface area contributed by atoms with Gasteiger partial charge in [0.1, 0.15) is 0 Å². The summed E-state index contributed by atoms with van der Waals surface area (Å²) in [5, 5.41) is 30.1. The van der Waals surface area contributed by atoms with Gasteiger partial charge in [0.15, 0.2) is 22.3 Å². The molecule has 0 saturated heterocycles. The van der Waals surface area contributed by atoms with Gasteiger partial charge in [0.2, 0.25) is 11.9 Å². The third-order valence-corrected chi connectivity index (χ3v) is 11.4. The smallest absolute Gasteiger partial charge is 0.280 e. The van der Waals surface area contributed by atoms with Crippen LogP contribution in [0.15, 0.2) is 70.5 Å². The summed E-state index contributed by atoms with van der Waals surface area (Å²) in [5.41, 5.74) is 12.4. The monoisotopic (exact) mass is 1110 g/mol. The minimum Gasteiger partial charge on any atom is -0.412 e. The van der Waals surface area contributed by atoms with E-state index in [0.29, 0.717) is 22.8 Å². The topological polar surface area (TPSA) is 436 Å². The van der Waals surface area contributed by atoms with E-state index < -0.39 is 96.9 Å². The first kappa shape index (κ1) is 48.8. The Morgan fingerprint density at radius 3 is 1.36 bits per heavy atom. The predicted molar refractivity (Wildman–Crippen MR) is 230 cm³/mol. The molecule has 14 N–H and O–H groups in total. The average molecular weight is 1110 g/mol. The second-order valence-electron chi connectivity index (χ2n) is 13.7. The number of nitrogens with two attached hydrogens (primary N) is 2. The van der Waals surface area contributed by atoms with Gasteiger partial charge in [-0.25, -0.2) is 19.9 Å². The Labute approximate surface area is 382 Å². The van der Waals surface area contributed by atoms with Gasteiger partial charge in [-0.05, 0) is 0 Å². The van der Waals surface area contributed by atoms with Crippen LogP contribution in [0.25, 0.3) is 22.3 Å². The van der Waals surface area contributed by atoms with Crippen molar-refractivity contribution in [3.8, 4) is 0 Å². The molecule has 0 saturated carbocycles. The summed E-state index contributed by atoms with van der Waals surface area (Å²) >= 11 is -2.82. The number of fused-ring (bicyclic) bond motifs is 2. The Balaban J connectivity index is 0.00000817. The first-order valence-electron chi connectivity index (χ1n) is 19.0. The van der Waals surface area contributed by atoms with E-state index in [9.17, 15) is 48.6 Å². The molecule has 0 aliphatic rings. The molecule has 0 spiro atoms. The zero-order valence-electron chi connectivity index (χ0n) is 34.0. The van der Waals surface area contributed by atoms with Crippen LogP contribution < -0.4 is 43.9 Å². The number of aromatic amines is 2. The third-order valence-electron chi connectivity index (χ3n) is 9.01. The molecule has 4 heterocycles. The molecule has 2 aromatic carbocycles. The molecule has 342 valence electrons. The summed E-state index contributed by atoms with van der Waals surface area (Å²) in [6, 6.07) is 9.07. The maximum atomic E-state index is 12.8. The number of benzene rings is 2. The number of aromatic nitrogens is 8. The molecular formula is C38H38N14O13Pb. The summed E-state index contributed by atoms with van der Waals surface area (Å²) in [6.45, 7) is 0.327. The number of aliphatic carboxylic acids is 2. The van der Waals surface area contributed by atoms with E-state index in [-0.39, 0.29) is 76.8 Å². The number of hydrogen-bond donors (Lipinski definition) is 10. The van der Waals surface area contributed by atoms with E-state index in [0.717, 1.165) is 0 Å². The van der Waals surface area contributed by atoms with Crippen molar-refractivity contribution >= 4 is 106 Å². The molecule has 2 amide bonds. The van der Waals surface area contributed by atoms with Crippen molar-refractivity contribution in [1.29, 1.82) is 0 Å². The van der Waals surface area contributed by atoms with E-state index in [1.165, 1.54) is 36.7 Å². The van der Waals surface area contributed by atoms with E-state index in [1.807, 2.05) is 0 Å². The molecule has 4 aromatic heterocycles. The number of carboxylic acids is 2. The minimum atomic E-state index is -2.82.